The first-order valence-electron chi connectivity index (χ1n) is 13.6. The molecule has 5 aromatic rings. The summed E-state index contributed by atoms with van der Waals surface area (Å²) in [6.07, 6.45) is 1.83. The Morgan fingerprint density at radius 3 is 2.50 bits per heavy atom. The van der Waals surface area contributed by atoms with Crippen molar-refractivity contribution in [3.05, 3.63) is 144 Å². The number of hydrogen-bond acceptors (Lipinski definition) is 6. The Bertz CT molecular complexity index is 2000. The van der Waals surface area contributed by atoms with Crippen molar-refractivity contribution in [2.75, 3.05) is 6.61 Å². The first-order valence-corrected chi connectivity index (χ1v) is 14.8. The highest BCUT2D eigenvalue weighted by Gasteiger charge is 2.33. The molecule has 6 nitrogen and oxygen atoms in total. The predicted molar refractivity (Wildman–Crippen MR) is 167 cm³/mol. The second-order valence-corrected chi connectivity index (χ2v) is 11.3. The maximum atomic E-state index is 13.8. The molecule has 1 aliphatic heterocycles. The zero-order valence-corrected chi connectivity index (χ0v) is 24.6. The molecule has 0 N–H and O–H groups in total. The lowest BCUT2D eigenvalue weighted by molar-refractivity contribution is -0.139. The number of fused-ring (bicyclic) bond motifs is 2. The average molecular weight is 595 g/mol. The van der Waals surface area contributed by atoms with Gasteiger partial charge in [-0.25, -0.2) is 9.79 Å². The van der Waals surface area contributed by atoms with E-state index in [4.69, 9.17) is 21.1 Å². The number of hydrogen-bond donors (Lipinski definition) is 0. The smallest absolute Gasteiger partial charge is 0.338 e. The number of carbonyl (C=O) groups is 1. The minimum Gasteiger partial charge on any atom is -0.489 e. The fourth-order valence-electron chi connectivity index (χ4n) is 5.14. The van der Waals surface area contributed by atoms with Gasteiger partial charge in [0, 0.05) is 5.02 Å². The lowest BCUT2D eigenvalue weighted by Gasteiger charge is -2.24. The van der Waals surface area contributed by atoms with Crippen LogP contribution >= 0.6 is 22.9 Å². The van der Waals surface area contributed by atoms with E-state index in [-0.39, 0.29) is 12.2 Å². The molecule has 1 atom stereocenters. The number of esters is 1. The third-order valence-electron chi connectivity index (χ3n) is 7.15. The summed E-state index contributed by atoms with van der Waals surface area (Å²) in [5, 5.41) is 2.91. The number of halogens is 1. The number of thiazole rings is 1. The van der Waals surface area contributed by atoms with Crippen LogP contribution in [0, 0.1) is 0 Å². The summed E-state index contributed by atoms with van der Waals surface area (Å²) in [6.45, 7) is 4.19. The van der Waals surface area contributed by atoms with Crippen LogP contribution in [-0.4, -0.2) is 17.1 Å². The molecule has 4 aromatic carbocycles. The number of aromatic nitrogens is 1. The Morgan fingerprint density at radius 2 is 1.74 bits per heavy atom. The van der Waals surface area contributed by atoms with Crippen LogP contribution in [0.5, 0.6) is 5.75 Å². The van der Waals surface area contributed by atoms with Crippen molar-refractivity contribution < 1.29 is 14.3 Å². The van der Waals surface area contributed by atoms with Gasteiger partial charge in [0.2, 0.25) is 0 Å². The first kappa shape index (κ1) is 27.7. The molecule has 0 radical (unpaired) electrons. The van der Waals surface area contributed by atoms with E-state index in [0.717, 1.165) is 22.4 Å². The molecule has 0 aliphatic carbocycles. The van der Waals surface area contributed by atoms with Crippen molar-refractivity contribution in [1.29, 1.82) is 0 Å². The molecule has 1 aliphatic rings. The molecule has 42 heavy (non-hydrogen) atoms. The van der Waals surface area contributed by atoms with Crippen molar-refractivity contribution in [2.24, 2.45) is 4.99 Å². The Balaban J connectivity index is 1.31. The number of nitrogens with zero attached hydrogens (tertiary/aromatic N) is 2. The van der Waals surface area contributed by atoms with Crippen LogP contribution in [0.2, 0.25) is 5.02 Å². The zero-order chi connectivity index (χ0) is 29.2. The molecule has 6 rings (SSSR count). The predicted octanol–water partition coefficient (Wildman–Crippen LogP) is 6.18. The fourth-order valence-corrected chi connectivity index (χ4v) is 6.32. The Kier molecular flexibility index (Phi) is 7.78. The van der Waals surface area contributed by atoms with Crippen LogP contribution < -0.4 is 19.6 Å². The van der Waals surface area contributed by atoms with Gasteiger partial charge < -0.3 is 9.47 Å². The van der Waals surface area contributed by atoms with Gasteiger partial charge in [-0.2, -0.15) is 0 Å². The highest BCUT2D eigenvalue weighted by atomic mass is 35.5. The van der Waals surface area contributed by atoms with Gasteiger partial charge in [0.25, 0.3) is 5.56 Å². The fraction of sp³-hybridized carbons (Fsp3) is 0.147. The van der Waals surface area contributed by atoms with Crippen LogP contribution in [0.25, 0.3) is 16.8 Å². The Labute approximate surface area is 251 Å². The van der Waals surface area contributed by atoms with Gasteiger partial charge in [-0.05, 0) is 71.7 Å². The quantitative estimate of drug-likeness (QED) is 0.211. The van der Waals surface area contributed by atoms with E-state index < -0.39 is 12.0 Å². The molecule has 0 amide bonds. The summed E-state index contributed by atoms with van der Waals surface area (Å²) >= 11 is 7.42. The molecule has 2 heterocycles. The summed E-state index contributed by atoms with van der Waals surface area (Å²) in [7, 11) is 0. The molecule has 8 heteroatoms. The molecule has 0 saturated heterocycles. The largest absolute Gasteiger partial charge is 0.489 e. The van der Waals surface area contributed by atoms with Gasteiger partial charge in [-0.15, -0.1) is 0 Å². The summed E-state index contributed by atoms with van der Waals surface area (Å²) in [6, 6.07) is 28.5. The molecule has 1 aromatic heterocycles. The van der Waals surface area contributed by atoms with Gasteiger partial charge >= 0.3 is 5.97 Å². The van der Waals surface area contributed by atoms with E-state index in [1.54, 1.807) is 30.5 Å². The molecular weight excluding hydrogens is 568 g/mol. The Morgan fingerprint density at radius 1 is 1.00 bits per heavy atom. The summed E-state index contributed by atoms with van der Waals surface area (Å²) in [4.78, 5) is 32.0. The van der Waals surface area contributed by atoms with Crippen LogP contribution in [0.4, 0.5) is 0 Å². The SMILES string of the molecule is CCOC(=O)C1=C(C)N=c2sc(=Cc3ccc(OCc4cccc5ccccc45)cc3)c(=O)n2[C@H]1c1ccc(Cl)cc1. The summed E-state index contributed by atoms with van der Waals surface area (Å²) in [5.41, 5.74) is 3.34. The van der Waals surface area contributed by atoms with E-state index in [0.29, 0.717) is 32.2 Å². The molecule has 0 spiro atoms. The molecular formula is C34H27ClN2O4S. The lowest BCUT2D eigenvalue weighted by Crippen LogP contribution is -2.39. The maximum absolute atomic E-state index is 13.8. The third-order valence-corrected chi connectivity index (χ3v) is 8.39. The van der Waals surface area contributed by atoms with E-state index in [9.17, 15) is 9.59 Å². The van der Waals surface area contributed by atoms with Gasteiger partial charge in [-0.1, -0.05) is 89.7 Å². The second-order valence-electron chi connectivity index (χ2n) is 9.85. The van der Waals surface area contributed by atoms with Crippen LogP contribution in [-0.2, 0) is 16.1 Å². The van der Waals surface area contributed by atoms with E-state index in [2.05, 4.69) is 29.3 Å². The van der Waals surface area contributed by atoms with Crippen molar-refractivity contribution in [1.82, 2.24) is 4.57 Å². The topological polar surface area (TPSA) is 69.9 Å². The second kappa shape index (κ2) is 11.8. The van der Waals surface area contributed by atoms with E-state index in [1.807, 2.05) is 60.7 Å². The third kappa shape index (κ3) is 5.41. The number of carbonyl (C=O) groups excluding carboxylic acids is 1. The van der Waals surface area contributed by atoms with Crippen LogP contribution in [0.3, 0.4) is 0 Å². The summed E-state index contributed by atoms with van der Waals surface area (Å²) in [5.74, 6) is 0.242. The van der Waals surface area contributed by atoms with Crippen molar-refractivity contribution in [2.45, 2.75) is 26.5 Å². The van der Waals surface area contributed by atoms with Crippen LogP contribution in [0.1, 0.15) is 36.6 Å². The molecule has 0 bridgehead atoms. The molecule has 0 fully saturated rings. The normalized spacial score (nSPS) is 14.9. The average Bonchev–Trinajstić information content (AvgIpc) is 3.30. The van der Waals surface area contributed by atoms with E-state index in [1.165, 1.54) is 22.1 Å². The molecule has 210 valence electrons. The molecule has 0 unspecified atom stereocenters. The highest BCUT2D eigenvalue weighted by Crippen LogP contribution is 2.31. The van der Waals surface area contributed by atoms with Crippen molar-refractivity contribution >= 4 is 45.8 Å². The van der Waals surface area contributed by atoms with Gasteiger partial charge in [-0.3, -0.25) is 9.36 Å². The first-order chi connectivity index (χ1) is 20.4. The number of rotatable bonds is 7. The number of allylic oxidation sites excluding steroid dienone is 1. The monoisotopic (exact) mass is 594 g/mol. The summed E-state index contributed by atoms with van der Waals surface area (Å²) < 4.78 is 13.5. The standard InChI is InChI=1S/C34H27ClN2O4S/c1-3-40-33(39)30-21(2)36-34-37(31(30)24-13-15-26(35)16-14-24)32(38)29(42-34)19-22-11-17-27(18-12-22)41-20-25-9-6-8-23-7-4-5-10-28(23)25/h4-19,31H,3,20H2,1-2H3/t31-/m0/s1. The van der Waals surface area contributed by atoms with Gasteiger partial charge in [0.1, 0.15) is 12.4 Å². The lowest BCUT2D eigenvalue weighted by atomic mass is 9.96. The van der Waals surface area contributed by atoms with Gasteiger partial charge in [0.05, 0.1) is 28.5 Å². The zero-order valence-electron chi connectivity index (χ0n) is 23.0. The van der Waals surface area contributed by atoms with Crippen LogP contribution in [0.15, 0.2) is 112 Å². The van der Waals surface area contributed by atoms with Gasteiger partial charge in [0.15, 0.2) is 4.80 Å². The Hall–Kier alpha value is -4.46. The minimum atomic E-state index is -0.676. The minimum absolute atomic E-state index is 0.217. The van der Waals surface area contributed by atoms with Crippen molar-refractivity contribution in [3.8, 4) is 5.75 Å². The maximum Gasteiger partial charge on any atom is 0.338 e. The highest BCUT2D eigenvalue weighted by molar-refractivity contribution is 7.07. The van der Waals surface area contributed by atoms with Crippen molar-refractivity contribution in [3.63, 3.8) is 0 Å². The number of benzene rings is 4. The number of ether oxygens (including phenoxy) is 2. The van der Waals surface area contributed by atoms with E-state index >= 15 is 0 Å². The molecule has 0 saturated carbocycles.